The average molecular weight is 332 g/mol. The van der Waals surface area contributed by atoms with Gasteiger partial charge in [0, 0.05) is 37.5 Å². The number of hydrogen-bond acceptors (Lipinski definition) is 6. The summed E-state index contributed by atoms with van der Waals surface area (Å²) in [4.78, 5) is 21.1. The van der Waals surface area contributed by atoms with E-state index in [2.05, 4.69) is 22.0 Å². The van der Waals surface area contributed by atoms with Crippen LogP contribution in [0.15, 0.2) is 21.3 Å². The van der Waals surface area contributed by atoms with Crippen LogP contribution in [0.2, 0.25) is 0 Å². The van der Waals surface area contributed by atoms with Crippen molar-refractivity contribution in [3.05, 3.63) is 34.1 Å². The van der Waals surface area contributed by atoms with Crippen molar-refractivity contribution < 1.29 is 9.32 Å². The summed E-state index contributed by atoms with van der Waals surface area (Å²) in [6.45, 7) is 5.24. The van der Waals surface area contributed by atoms with Crippen molar-refractivity contribution in [2.75, 3.05) is 26.2 Å². The molecule has 2 fully saturated rings. The summed E-state index contributed by atoms with van der Waals surface area (Å²) in [5.41, 5.74) is 0.794. The molecular formula is C16H20N4O2S. The van der Waals surface area contributed by atoms with Crippen molar-refractivity contribution in [3.8, 4) is 0 Å². The van der Waals surface area contributed by atoms with Crippen molar-refractivity contribution in [1.29, 1.82) is 0 Å². The van der Waals surface area contributed by atoms with Crippen LogP contribution >= 0.6 is 11.3 Å². The Labute approximate surface area is 139 Å². The van der Waals surface area contributed by atoms with Crippen LogP contribution in [0.3, 0.4) is 0 Å². The van der Waals surface area contributed by atoms with E-state index in [1.807, 2.05) is 21.7 Å². The minimum absolute atomic E-state index is 0.105. The van der Waals surface area contributed by atoms with Crippen LogP contribution in [-0.4, -0.2) is 52.0 Å². The fourth-order valence-electron chi connectivity index (χ4n) is 2.96. The molecule has 0 radical (unpaired) electrons. The molecule has 4 rings (SSSR count). The Morgan fingerprint density at radius 3 is 2.78 bits per heavy atom. The molecule has 1 saturated carbocycles. The molecule has 0 unspecified atom stereocenters. The second kappa shape index (κ2) is 6.05. The molecule has 7 heteroatoms. The highest BCUT2D eigenvalue weighted by atomic mass is 32.1. The first-order chi connectivity index (χ1) is 11.2. The summed E-state index contributed by atoms with van der Waals surface area (Å²) < 4.78 is 5.43. The summed E-state index contributed by atoms with van der Waals surface area (Å²) in [6, 6.07) is 1.99. The number of hydrogen-bond donors (Lipinski definition) is 0. The molecule has 0 aromatic carbocycles. The smallest absolute Gasteiger partial charge is 0.254 e. The van der Waals surface area contributed by atoms with Crippen LogP contribution in [0.1, 0.15) is 53.8 Å². The Morgan fingerprint density at radius 2 is 2.13 bits per heavy atom. The molecule has 1 saturated heterocycles. The van der Waals surface area contributed by atoms with E-state index in [1.165, 1.54) is 12.8 Å². The van der Waals surface area contributed by atoms with Gasteiger partial charge < -0.3 is 9.42 Å². The van der Waals surface area contributed by atoms with Gasteiger partial charge in [0.1, 0.15) is 0 Å². The lowest BCUT2D eigenvalue weighted by molar-refractivity contribution is 0.0552. The Kier molecular flexibility index (Phi) is 3.90. The van der Waals surface area contributed by atoms with Crippen molar-refractivity contribution in [2.45, 2.75) is 31.7 Å². The number of aromatic nitrogens is 2. The SMILES string of the molecule is C[C@H](c1nc(C2CC2)no1)N1CCN(C(=O)c2ccsc2)CC1. The predicted octanol–water partition coefficient (Wildman–Crippen LogP) is 2.53. The van der Waals surface area contributed by atoms with E-state index in [0.29, 0.717) is 11.8 Å². The Bertz CT molecular complexity index is 672. The van der Waals surface area contributed by atoms with E-state index >= 15 is 0 Å². The van der Waals surface area contributed by atoms with Gasteiger partial charge in [0.2, 0.25) is 5.89 Å². The largest absolute Gasteiger partial charge is 0.338 e. The molecule has 122 valence electrons. The Morgan fingerprint density at radius 1 is 1.35 bits per heavy atom. The molecule has 2 aromatic rings. The molecule has 1 aliphatic carbocycles. The fourth-order valence-corrected chi connectivity index (χ4v) is 3.59. The average Bonchev–Trinajstić information content (AvgIpc) is 3.10. The lowest BCUT2D eigenvalue weighted by atomic mass is 10.2. The first kappa shape index (κ1) is 14.8. The van der Waals surface area contributed by atoms with Crippen molar-refractivity contribution in [1.82, 2.24) is 19.9 Å². The van der Waals surface area contributed by atoms with Gasteiger partial charge in [-0.15, -0.1) is 0 Å². The third-order valence-electron chi connectivity index (χ3n) is 4.67. The van der Waals surface area contributed by atoms with Gasteiger partial charge in [-0.2, -0.15) is 16.3 Å². The predicted molar refractivity (Wildman–Crippen MR) is 86.5 cm³/mol. The second-order valence-electron chi connectivity index (χ2n) is 6.28. The molecule has 1 amide bonds. The van der Waals surface area contributed by atoms with Crippen LogP contribution in [0.5, 0.6) is 0 Å². The van der Waals surface area contributed by atoms with Gasteiger partial charge in [-0.1, -0.05) is 5.16 Å². The van der Waals surface area contributed by atoms with Crippen molar-refractivity contribution >= 4 is 17.2 Å². The minimum atomic E-state index is 0.105. The van der Waals surface area contributed by atoms with E-state index in [1.54, 1.807) is 11.3 Å². The Balaban J connectivity index is 1.35. The van der Waals surface area contributed by atoms with Crippen molar-refractivity contribution in [3.63, 3.8) is 0 Å². The zero-order chi connectivity index (χ0) is 15.8. The maximum Gasteiger partial charge on any atom is 0.254 e. The zero-order valence-corrected chi connectivity index (χ0v) is 14.0. The quantitative estimate of drug-likeness (QED) is 0.861. The molecule has 2 aromatic heterocycles. The van der Waals surface area contributed by atoms with Crippen LogP contribution in [0.4, 0.5) is 0 Å². The fraction of sp³-hybridized carbons (Fsp3) is 0.562. The van der Waals surface area contributed by atoms with Crippen molar-refractivity contribution in [2.24, 2.45) is 0 Å². The highest BCUT2D eigenvalue weighted by Gasteiger charge is 2.32. The number of piperazine rings is 1. The van der Waals surface area contributed by atoms with Gasteiger partial charge in [0.25, 0.3) is 5.91 Å². The monoisotopic (exact) mass is 332 g/mol. The van der Waals surface area contributed by atoms with Gasteiger partial charge in [-0.05, 0) is 31.2 Å². The lowest BCUT2D eigenvalue weighted by Crippen LogP contribution is -2.49. The standard InChI is InChI=1S/C16H20N4O2S/c1-11(15-17-14(18-22-15)12-2-3-12)19-5-7-20(8-6-19)16(21)13-4-9-23-10-13/h4,9-12H,2-3,5-8H2,1H3/t11-/m1/s1. The number of carbonyl (C=O) groups is 1. The maximum atomic E-state index is 12.4. The van der Waals surface area contributed by atoms with Crippen LogP contribution in [-0.2, 0) is 0 Å². The molecule has 1 aliphatic heterocycles. The van der Waals surface area contributed by atoms with Gasteiger partial charge in [-0.3, -0.25) is 9.69 Å². The molecular weight excluding hydrogens is 312 g/mol. The number of carbonyl (C=O) groups excluding carboxylic acids is 1. The molecule has 0 N–H and O–H groups in total. The number of thiophene rings is 1. The Hall–Kier alpha value is -1.73. The maximum absolute atomic E-state index is 12.4. The summed E-state index contributed by atoms with van der Waals surface area (Å²) in [6.07, 6.45) is 2.35. The lowest BCUT2D eigenvalue weighted by Gasteiger charge is -2.36. The van der Waals surface area contributed by atoms with E-state index in [0.717, 1.165) is 37.6 Å². The minimum Gasteiger partial charge on any atom is -0.338 e. The summed E-state index contributed by atoms with van der Waals surface area (Å²) in [5, 5.41) is 7.95. The zero-order valence-electron chi connectivity index (χ0n) is 13.1. The van der Waals surface area contributed by atoms with E-state index in [9.17, 15) is 4.79 Å². The summed E-state index contributed by atoms with van der Waals surface area (Å²) >= 11 is 1.56. The first-order valence-electron chi connectivity index (χ1n) is 8.11. The van der Waals surface area contributed by atoms with Gasteiger partial charge in [-0.25, -0.2) is 0 Å². The molecule has 6 nitrogen and oxygen atoms in total. The van der Waals surface area contributed by atoms with Gasteiger partial charge in [0.05, 0.1) is 11.6 Å². The topological polar surface area (TPSA) is 62.5 Å². The molecule has 1 atom stereocenters. The second-order valence-corrected chi connectivity index (χ2v) is 7.06. The summed E-state index contributed by atoms with van der Waals surface area (Å²) in [7, 11) is 0. The van der Waals surface area contributed by atoms with Crippen LogP contribution < -0.4 is 0 Å². The van der Waals surface area contributed by atoms with E-state index in [-0.39, 0.29) is 11.9 Å². The highest BCUT2D eigenvalue weighted by Crippen LogP contribution is 2.38. The van der Waals surface area contributed by atoms with Crippen LogP contribution in [0, 0.1) is 0 Å². The third-order valence-corrected chi connectivity index (χ3v) is 5.36. The molecule has 3 heterocycles. The third kappa shape index (κ3) is 3.03. The highest BCUT2D eigenvalue weighted by molar-refractivity contribution is 7.08. The van der Waals surface area contributed by atoms with Gasteiger partial charge >= 0.3 is 0 Å². The van der Waals surface area contributed by atoms with E-state index < -0.39 is 0 Å². The number of amides is 1. The number of nitrogens with zero attached hydrogens (tertiary/aromatic N) is 4. The molecule has 0 spiro atoms. The molecule has 0 bridgehead atoms. The first-order valence-corrected chi connectivity index (χ1v) is 9.05. The van der Waals surface area contributed by atoms with Gasteiger partial charge in [0.15, 0.2) is 5.82 Å². The molecule has 2 aliphatic rings. The van der Waals surface area contributed by atoms with E-state index in [4.69, 9.17) is 4.52 Å². The number of rotatable bonds is 4. The molecule has 23 heavy (non-hydrogen) atoms. The summed E-state index contributed by atoms with van der Waals surface area (Å²) in [5.74, 6) is 2.20. The van der Waals surface area contributed by atoms with Crippen LogP contribution in [0.25, 0.3) is 0 Å². The normalized spacial score (nSPS) is 20.7.